The number of anilines is 2. The lowest BCUT2D eigenvalue weighted by Crippen LogP contribution is -2.31. The fraction of sp³-hybridized carbons (Fsp3) is 0.0909. The number of non-ortho nitro benzene ring substituents is 1. The van der Waals surface area contributed by atoms with Gasteiger partial charge in [-0.1, -0.05) is 48.0 Å². The molecule has 0 saturated carbocycles. The zero-order valence-electron chi connectivity index (χ0n) is 23.4. The first kappa shape index (κ1) is 29.9. The molecule has 11 heteroatoms. The summed E-state index contributed by atoms with van der Waals surface area (Å²) in [5.41, 5.74) is 2.81. The molecule has 0 bridgehead atoms. The van der Waals surface area contributed by atoms with E-state index in [1.807, 2.05) is 31.2 Å². The van der Waals surface area contributed by atoms with Crippen molar-refractivity contribution >= 4 is 58.5 Å². The van der Waals surface area contributed by atoms with E-state index in [1.54, 1.807) is 60.7 Å². The van der Waals surface area contributed by atoms with Gasteiger partial charge in [0.05, 0.1) is 15.9 Å². The van der Waals surface area contributed by atoms with Gasteiger partial charge in [0.2, 0.25) is 11.8 Å². The van der Waals surface area contributed by atoms with Crippen LogP contribution in [0.15, 0.2) is 114 Å². The molecule has 2 N–H and O–H groups in total. The molecule has 0 radical (unpaired) electrons. The molecule has 1 heterocycles. The number of nitro benzene ring substituents is 1. The molecular weight excluding hydrogens is 580 g/mol. The summed E-state index contributed by atoms with van der Waals surface area (Å²) in [5.74, 6) is -1.75. The number of imide groups is 1. The Morgan fingerprint density at radius 2 is 1.64 bits per heavy atom. The summed E-state index contributed by atoms with van der Waals surface area (Å²) in [6, 6.07) is 28.1. The van der Waals surface area contributed by atoms with Gasteiger partial charge in [0.1, 0.15) is 5.70 Å². The maximum absolute atomic E-state index is 13.3. The number of carbonyl (C=O) groups excluding carboxylic acids is 4. The number of nitrogens with one attached hydrogen (secondary N) is 2. The summed E-state index contributed by atoms with van der Waals surface area (Å²) < 4.78 is 0. The molecule has 44 heavy (non-hydrogen) atoms. The van der Waals surface area contributed by atoms with Crippen LogP contribution in [0.5, 0.6) is 0 Å². The van der Waals surface area contributed by atoms with Crippen LogP contribution in [0.1, 0.15) is 27.9 Å². The number of hydrogen-bond acceptors (Lipinski definition) is 7. The Morgan fingerprint density at radius 1 is 0.932 bits per heavy atom. The highest BCUT2D eigenvalue weighted by atomic mass is 32.2. The lowest BCUT2D eigenvalue weighted by molar-refractivity contribution is -0.384. The Bertz CT molecular complexity index is 1770. The average Bonchev–Trinajstić information content (AvgIpc) is 3.30. The first-order valence-corrected chi connectivity index (χ1v) is 14.4. The van der Waals surface area contributed by atoms with E-state index in [0.717, 1.165) is 16.0 Å². The number of thioether (sulfide) groups is 1. The first-order valence-electron chi connectivity index (χ1n) is 13.5. The summed E-state index contributed by atoms with van der Waals surface area (Å²) in [6.07, 6.45) is 1.58. The van der Waals surface area contributed by atoms with E-state index >= 15 is 0 Å². The smallest absolute Gasteiger partial charge is 0.272 e. The second-order valence-electron chi connectivity index (χ2n) is 9.92. The maximum Gasteiger partial charge on any atom is 0.272 e. The third-order valence-corrected chi connectivity index (χ3v) is 7.89. The molecule has 1 saturated heterocycles. The third-order valence-electron chi connectivity index (χ3n) is 6.70. The van der Waals surface area contributed by atoms with E-state index in [9.17, 15) is 29.3 Å². The van der Waals surface area contributed by atoms with E-state index in [0.29, 0.717) is 16.1 Å². The number of nitro groups is 1. The number of aryl methyl sites for hydroxylation is 1. The molecule has 220 valence electrons. The minimum atomic E-state index is -0.671. The summed E-state index contributed by atoms with van der Waals surface area (Å²) in [5, 5.41) is 15.8. The average molecular weight is 607 g/mol. The van der Waals surface area contributed by atoms with E-state index in [4.69, 9.17) is 0 Å². The normalized spacial score (nSPS) is 14.8. The monoisotopic (exact) mass is 606 g/mol. The molecule has 0 aromatic heterocycles. The van der Waals surface area contributed by atoms with Crippen LogP contribution in [0.2, 0.25) is 0 Å². The Labute approximate surface area is 256 Å². The van der Waals surface area contributed by atoms with Crippen molar-refractivity contribution in [3.05, 3.63) is 136 Å². The third kappa shape index (κ3) is 7.08. The molecule has 4 amide bonds. The quantitative estimate of drug-likeness (QED) is 0.107. The van der Waals surface area contributed by atoms with Gasteiger partial charge in [0.25, 0.3) is 17.5 Å². The number of amides is 4. The molecule has 1 atom stereocenters. The topological polar surface area (TPSA) is 139 Å². The van der Waals surface area contributed by atoms with Crippen molar-refractivity contribution in [1.29, 1.82) is 0 Å². The predicted octanol–water partition coefficient (Wildman–Crippen LogP) is 5.74. The van der Waals surface area contributed by atoms with Crippen molar-refractivity contribution in [2.24, 2.45) is 0 Å². The second kappa shape index (κ2) is 13.2. The van der Waals surface area contributed by atoms with Gasteiger partial charge in [-0.2, -0.15) is 0 Å². The van der Waals surface area contributed by atoms with E-state index in [2.05, 4.69) is 10.6 Å². The fourth-order valence-corrected chi connectivity index (χ4v) is 5.59. The summed E-state index contributed by atoms with van der Waals surface area (Å²) in [7, 11) is 0. The van der Waals surface area contributed by atoms with E-state index in [1.165, 1.54) is 36.0 Å². The van der Waals surface area contributed by atoms with Gasteiger partial charge >= 0.3 is 0 Å². The molecule has 0 spiro atoms. The number of rotatable bonds is 9. The van der Waals surface area contributed by atoms with Crippen LogP contribution < -0.4 is 15.5 Å². The SMILES string of the molecule is Cc1cccc(/C=C(\NC(=O)c2ccccc2)C(=O)Nc2ccc(SC3CC(=O)N(c4ccc([N+](=O)[O-])cc4)C3=O)cc2)c1. The zero-order valence-corrected chi connectivity index (χ0v) is 24.2. The van der Waals surface area contributed by atoms with Crippen LogP contribution >= 0.6 is 11.8 Å². The summed E-state index contributed by atoms with van der Waals surface area (Å²) in [6.45, 7) is 1.93. The van der Waals surface area contributed by atoms with Gasteiger partial charge in [-0.25, -0.2) is 4.90 Å². The number of benzene rings is 4. The molecule has 10 nitrogen and oxygen atoms in total. The van der Waals surface area contributed by atoms with Crippen LogP contribution in [-0.4, -0.2) is 33.8 Å². The van der Waals surface area contributed by atoms with Gasteiger partial charge in [0.15, 0.2) is 0 Å². The number of hydrogen-bond donors (Lipinski definition) is 2. The number of carbonyl (C=O) groups is 4. The molecule has 0 aliphatic carbocycles. The van der Waals surface area contributed by atoms with Crippen LogP contribution in [-0.2, 0) is 14.4 Å². The summed E-state index contributed by atoms with van der Waals surface area (Å²) >= 11 is 1.21. The minimum absolute atomic E-state index is 0.0206. The molecular formula is C33H26N4O6S. The maximum atomic E-state index is 13.3. The Hall–Kier alpha value is -5.55. The van der Waals surface area contributed by atoms with Crippen LogP contribution in [0, 0.1) is 17.0 Å². The molecule has 4 aromatic rings. The van der Waals surface area contributed by atoms with Gasteiger partial charge in [-0.05, 0) is 67.1 Å². The van der Waals surface area contributed by atoms with Crippen molar-refractivity contribution in [3.8, 4) is 0 Å². The van der Waals surface area contributed by atoms with Crippen LogP contribution in [0.3, 0.4) is 0 Å². The summed E-state index contributed by atoms with van der Waals surface area (Å²) in [4.78, 5) is 64.0. The first-order chi connectivity index (χ1) is 21.2. The Morgan fingerprint density at radius 3 is 2.30 bits per heavy atom. The van der Waals surface area contributed by atoms with Gasteiger partial charge in [0, 0.05) is 34.7 Å². The van der Waals surface area contributed by atoms with Gasteiger partial charge < -0.3 is 10.6 Å². The molecule has 1 aliphatic rings. The van der Waals surface area contributed by atoms with Crippen molar-refractivity contribution < 1.29 is 24.1 Å². The minimum Gasteiger partial charge on any atom is -0.321 e. The van der Waals surface area contributed by atoms with Crippen LogP contribution in [0.4, 0.5) is 17.1 Å². The molecule has 1 unspecified atom stereocenters. The molecule has 1 aliphatic heterocycles. The van der Waals surface area contributed by atoms with Crippen molar-refractivity contribution in [3.63, 3.8) is 0 Å². The molecule has 4 aromatic carbocycles. The van der Waals surface area contributed by atoms with Crippen molar-refractivity contribution in [1.82, 2.24) is 5.32 Å². The van der Waals surface area contributed by atoms with Gasteiger partial charge in [-0.15, -0.1) is 11.8 Å². The standard InChI is InChI=1S/C33H26N4O6S/c1-21-6-5-7-22(18-21)19-28(35-31(39)23-8-3-2-4-9-23)32(40)34-24-10-16-27(17-11-24)44-29-20-30(38)36(33(29)41)25-12-14-26(15-13-25)37(42)43/h2-19,29H,20H2,1H3,(H,34,40)(H,35,39)/b28-19-. The largest absolute Gasteiger partial charge is 0.321 e. The Balaban J connectivity index is 1.27. The van der Waals surface area contributed by atoms with Crippen LogP contribution in [0.25, 0.3) is 6.08 Å². The highest BCUT2D eigenvalue weighted by molar-refractivity contribution is 8.00. The fourth-order valence-electron chi connectivity index (χ4n) is 4.54. The van der Waals surface area contributed by atoms with E-state index in [-0.39, 0.29) is 23.5 Å². The highest BCUT2D eigenvalue weighted by Gasteiger charge is 2.40. The van der Waals surface area contributed by atoms with Crippen molar-refractivity contribution in [2.45, 2.75) is 23.5 Å². The van der Waals surface area contributed by atoms with Gasteiger partial charge in [-0.3, -0.25) is 29.3 Å². The molecule has 1 fully saturated rings. The lowest BCUT2D eigenvalue weighted by atomic mass is 10.1. The lowest BCUT2D eigenvalue weighted by Gasteiger charge is -2.15. The van der Waals surface area contributed by atoms with E-state index < -0.39 is 33.8 Å². The second-order valence-corrected chi connectivity index (χ2v) is 11.2. The zero-order chi connectivity index (χ0) is 31.2. The van der Waals surface area contributed by atoms with Crippen molar-refractivity contribution in [2.75, 3.05) is 10.2 Å². The Kier molecular flexibility index (Phi) is 8.96. The predicted molar refractivity (Wildman–Crippen MR) is 168 cm³/mol. The molecule has 5 rings (SSSR count). The highest BCUT2D eigenvalue weighted by Crippen LogP contribution is 2.35. The number of nitrogens with zero attached hydrogens (tertiary/aromatic N) is 2.